The number of hydrogen-bond acceptors (Lipinski definition) is 7. The molecule has 3 aromatic rings. The Hall–Kier alpha value is -3.78. The highest BCUT2D eigenvalue weighted by Crippen LogP contribution is 2.31. The van der Waals surface area contributed by atoms with E-state index < -0.39 is 42.5 Å². The lowest BCUT2D eigenvalue weighted by atomic mass is 10.0. The fraction of sp³-hybridized carbons (Fsp3) is 0.290. The predicted octanol–water partition coefficient (Wildman–Crippen LogP) is 4.75. The first kappa shape index (κ1) is 27.3. The summed E-state index contributed by atoms with van der Waals surface area (Å²) in [6.45, 7) is 3.85. The number of benzene rings is 3. The summed E-state index contributed by atoms with van der Waals surface area (Å²) in [4.78, 5) is 25.5. The highest BCUT2D eigenvalue weighted by atomic mass is 16.6. The number of rotatable bonds is 12. The van der Waals surface area contributed by atoms with E-state index in [1.165, 1.54) is 0 Å². The van der Waals surface area contributed by atoms with Gasteiger partial charge in [0, 0.05) is 6.42 Å². The highest BCUT2D eigenvalue weighted by Gasteiger charge is 2.45. The van der Waals surface area contributed by atoms with Crippen LogP contribution in [0.5, 0.6) is 0 Å². The number of hydrogen-bond donors (Lipinski definition) is 1. The Morgan fingerprint density at radius 3 is 2.05 bits per heavy atom. The van der Waals surface area contributed by atoms with E-state index in [0.717, 1.165) is 5.56 Å². The molecular weight excluding hydrogens is 484 g/mol. The minimum absolute atomic E-state index is 0.158. The van der Waals surface area contributed by atoms with Crippen LogP contribution >= 0.6 is 0 Å². The van der Waals surface area contributed by atoms with Crippen molar-refractivity contribution >= 4 is 11.9 Å². The summed E-state index contributed by atoms with van der Waals surface area (Å²) < 4.78 is 23.5. The summed E-state index contributed by atoms with van der Waals surface area (Å²) in [6, 6.07) is 26.8. The average Bonchev–Trinajstić information content (AvgIpc) is 3.25. The van der Waals surface area contributed by atoms with Gasteiger partial charge in [-0.3, -0.25) is 0 Å². The Bertz CT molecular complexity index is 1170. The van der Waals surface area contributed by atoms with Gasteiger partial charge in [-0.1, -0.05) is 72.8 Å². The predicted molar refractivity (Wildman–Crippen MR) is 141 cm³/mol. The van der Waals surface area contributed by atoms with Crippen LogP contribution in [0.3, 0.4) is 0 Å². The molecular formula is C31H32O7. The Kier molecular flexibility index (Phi) is 9.81. The first-order valence-electron chi connectivity index (χ1n) is 12.6. The molecule has 0 aromatic heterocycles. The summed E-state index contributed by atoms with van der Waals surface area (Å²) in [5.74, 6) is -1.07. The summed E-state index contributed by atoms with van der Waals surface area (Å²) in [7, 11) is 0. The number of aliphatic hydroxyl groups is 1. The molecule has 7 nitrogen and oxygen atoms in total. The number of ether oxygens (including phenoxy) is 4. The number of esters is 2. The van der Waals surface area contributed by atoms with Gasteiger partial charge in [0.15, 0.2) is 0 Å². The summed E-state index contributed by atoms with van der Waals surface area (Å²) >= 11 is 0. The molecule has 1 aliphatic rings. The van der Waals surface area contributed by atoms with Crippen LogP contribution in [0.1, 0.15) is 39.1 Å². The zero-order valence-electron chi connectivity index (χ0n) is 21.1. The SMILES string of the molecule is C=CC[C@@H]1O[C@H](C[C@H](COC(=O)c2ccccc2)OC(=O)c2ccccc2)[C@H](OCc2ccccc2)[C@H]1O. The van der Waals surface area contributed by atoms with Crippen LogP contribution in [0.4, 0.5) is 0 Å². The molecule has 0 aliphatic carbocycles. The second-order valence-corrected chi connectivity index (χ2v) is 9.08. The van der Waals surface area contributed by atoms with E-state index in [0.29, 0.717) is 17.5 Å². The molecule has 1 aliphatic heterocycles. The van der Waals surface area contributed by atoms with Crippen molar-refractivity contribution in [3.63, 3.8) is 0 Å². The van der Waals surface area contributed by atoms with E-state index in [1.807, 2.05) is 30.3 Å². The van der Waals surface area contributed by atoms with E-state index in [1.54, 1.807) is 66.7 Å². The van der Waals surface area contributed by atoms with Crippen molar-refractivity contribution in [2.24, 2.45) is 0 Å². The van der Waals surface area contributed by atoms with Crippen molar-refractivity contribution in [2.45, 2.75) is 50.0 Å². The normalized spacial score (nSPS) is 21.4. The van der Waals surface area contributed by atoms with E-state index in [-0.39, 0.29) is 19.6 Å². The van der Waals surface area contributed by atoms with Crippen LogP contribution in [0.15, 0.2) is 104 Å². The van der Waals surface area contributed by atoms with Gasteiger partial charge >= 0.3 is 11.9 Å². The van der Waals surface area contributed by atoms with E-state index in [2.05, 4.69) is 6.58 Å². The van der Waals surface area contributed by atoms with E-state index in [9.17, 15) is 14.7 Å². The van der Waals surface area contributed by atoms with Crippen molar-refractivity contribution in [1.82, 2.24) is 0 Å². The van der Waals surface area contributed by atoms with Crippen LogP contribution in [0.2, 0.25) is 0 Å². The quantitative estimate of drug-likeness (QED) is 0.274. The van der Waals surface area contributed by atoms with Crippen LogP contribution in [0.25, 0.3) is 0 Å². The van der Waals surface area contributed by atoms with Gasteiger partial charge in [-0.15, -0.1) is 6.58 Å². The molecule has 1 saturated heterocycles. The molecule has 0 spiro atoms. The maximum atomic E-state index is 12.9. The van der Waals surface area contributed by atoms with Gasteiger partial charge in [0.2, 0.25) is 0 Å². The molecule has 7 heteroatoms. The molecule has 1 heterocycles. The molecule has 0 bridgehead atoms. The van der Waals surface area contributed by atoms with Crippen molar-refractivity contribution in [3.8, 4) is 0 Å². The molecule has 38 heavy (non-hydrogen) atoms. The summed E-state index contributed by atoms with van der Waals surface area (Å²) in [5, 5.41) is 11.0. The fourth-order valence-electron chi connectivity index (χ4n) is 4.36. The molecule has 1 fully saturated rings. The van der Waals surface area contributed by atoms with Crippen LogP contribution in [0, 0.1) is 0 Å². The van der Waals surface area contributed by atoms with Crippen molar-refractivity contribution in [3.05, 3.63) is 120 Å². The molecule has 0 amide bonds. The van der Waals surface area contributed by atoms with Crippen LogP contribution in [-0.4, -0.2) is 54.2 Å². The second kappa shape index (κ2) is 13.7. The van der Waals surface area contributed by atoms with Gasteiger partial charge < -0.3 is 24.1 Å². The monoisotopic (exact) mass is 516 g/mol. The lowest BCUT2D eigenvalue weighted by molar-refractivity contribution is -0.0690. The fourth-order valence-corrected chi connectivity index (χ4v) is 4.36. The molecule has 0 radical (unpaired) electrons. The minimum atomic E-state index is -0.904. The van der Waals surface area contributed by atoms with Gasteiger partial charge in [-0.2, -0.15) is 0 Å². The molecule has 0 unspecified atom stereocenters. The van der Waals surface area contributed by atoms with Crippen molar-refractivity contribution in [2.75, 3.05) is 6.61 Å². The molecule has 0 saturated carbocycles. The topological polar surface area (TPSA) is 91.3 Å². The second-order valence-electron chi connectivity index (χ2n) is 9.08. The van der Waals surface area contributed by atoms with Gasteiger partial charge in [-0.05, 0) is 36.2 Å². The van der Waals surface area contributed by atoms with Gasteiger partial charge in [0.25, 0.3) is 0 Å². The standard InChI is InChI=1S/C31H32O7/c1-2-12-26-28(32)29(35-20-22-13-6-3-7-14-22)27(38-26)19-25(37-31(34)24-17-10-5-11-18-24)21-36-30(33)23-15-8-4-9-16-23/h2-11,13-18,25-29,32H,1,12,19-21H2/t25-,26+,27-,28+,29+/m1/s1. The Balaban J connectivity index is 1.49. The summed E-state index contributed by atoms with van der Waals surface area (Å²) in [6.07, 6.45) is -1.28. The number of aliphatic hydroxyl groups excluding tert-OH is 1. The van der Waals surface area contributed by atoms with Gasteiger partial charge in [0.1, 0.15) is 24.9 Å². The van der Waals surface area contributed by atoms with Crippen molar-refractivity contribution < 1.29 is 33.6 Å². The van der Waals surface area contributed by atoms with Gasteiger partial charge in [-0.25, -0.2) is 9.59 Å². The molecule has 5 atom stereocenters. The summed E-state index contributed by atoms with van der Waals surface area (Å²) in [5.41, 5.74) is 1.72. The van der Waals surface area contributed by atoms with Crippen LogP contribution in [-0.2, 0) is 25.6 Å². The minimum Gasteiger partial charge on any atom is -0.458 e. The van der Waals surface area contributed by atoms with Gasteiger partial charge in [0.05, 0.1) is 29.9 Å². The molecule has 4 rings (SSSR count). The third kappa shape index (κ3) is 7.38. The average molecular weight is 517 g/mol. The number of carbonyl (C=O) groups excluding carboxylic acids is 2. The zero-order valence-corrected chi connectivity index (χ0v) is 21.1. The first-order valence-corrected chi connectivity index (χ1v) is 12.6. The maximum absolute atomic E-state index is 12.9. The first-order chi connectivity index (χ1) is 18.5. The van der Waals surface area contributed by atoms with E-state index in [4.69, 9.17) is 18.9 Å². The third-order valence-electron chi connectivity index (χ3n) is 6.31. The Morgan fingerprint density at radius 1 is 0.868 bits per heavy atom. The Morgan fingerprint density at radius 2 is 1.45 bits per heavy atom. The lowest BCUT2D eigenvalue weighted by Crippen LogP contribution is -2.38. The maximum Gasteiger partial charge on any atom is 0.338 e. The largest absolute Gasteiger partial charge is 0.458 e. The zero-order chi connectivity index (χ0) is 26.7. The molecule has 198 valence electrons. The molecule has 1 N–H and O–H groups in total. The number of carbonyl (C=O) groups is 2. The third-order valence-corrected chi connectivity index (χ3v) is 6.31. The lowest BCUT2D eigenvalue weighted by Gasteiger charge is -2.25. The highest BCUT2D eigenvalue weighted by molar-refractivity contribution is 5.90. The van der Waals surface area contributed by atoms with E-state index >= 15 is 0 Å². The Labute approximate surface area is 222 Å². The van der Waals surface area contributed by atoms with Crippen LogP contribution < -0.4 is 0 Å². The van der Waals surface area contributed by atoms with Crippen molar-refractivity contribution in [1.29, 1.82) is 0 Å². The smallest absolute Gasteiger partial charge is 0.338 e. The molecule has 3 aromatic carbocycles.